The van der Waals surface area contributed by atoms with Gasteiger partial charge in [-0.15, -0.1) is 0 Å². The van der Waals surface area contributed by atoms with Crippen LogP contribution in [-0.4, -0.2) is 22.1 Å². The van der Waals surface area contributed by atoms with Crippen LogP contribution in [0.1, 0.15) is 0 Å². The first-order chi connectivity index (χ1) is 8.79. The first-order valence-corrected chi connectivity index (χ1v) is 5.80. The maximum Gasteiger partial charge on any atom is 0.148 e. The average molecular weight is 260 g/mol. The molecule has 0 bridgehead atoms. The number of hydrogen-bond acceptors (Lipinski definition) is 3. The van der Waals surface area contributed by atoms with Gasteiger partial charge in [-0.1, -0.05) is 17.7 Å². The van der Waals surface area contributed by atoms with E-state index in [9.17, 15) is 0 Å². The van der Waals surface area contributed by atoms with Crippen molar-refractivity contribution in [2.75, 3.05) is 7.11 Å². The second-order valence-electron chi connectivity index (χ2n) is 3.80. The van der Waals surface area contributed by atoms with Gasteiger partial charge in [-0.05, 0) is 18.2 Å². The van der Waals surface area contributed by atoms with Crippen molar-refractivity contribution in [2.24, 2.45) is 0 Å². The number of methoxy groups -OCH3 is 1. The summed E-state index contributed by atoms with van der Waals surface area (Å²) in [4.78, 5) is 11.7. The van der Waals surface area contributed by atoms with Crippen molar-refractivity contribution in [3.05, 3.63) is 41.7 Å². The minimum Gasteiger partial charge on any atom is -0.494 e. The summed E-state index contributed by atoms with van der Waals surface area (Å²) in [6.07, 6.45) is 3.36. The van der Waals surface area contributed by atoms with E-state index in [0.29, 0.717) is 10.8 Å². The first kappa shape index (κ1) is 11.0. The van der Waals surface area contributed by atoms with Crippen molar-refractivity contribution in [3.63, 3.8) is 0 Å². The third-order valence-corrected chi connectivity index (χ3v) is 3.03. The lowest BCUT2D eigenvalue weighted by Gasteiger charge is -2.03. The lowest BCUT2D eigenvalue weighted by atomic mass is 10.2. The molecule has 3 aromatic rings. The maximum absolute atomic E-state index is 6.11. The van der Waals surface area contributed by atoms with Gasteiger partial charge < -0.3 is 9.72 Å². The Hall–Kier alpha value is -2.07. The number of rotatable bonds is 2. The number of aromatic nitrogens is 3. The Morgan fingerprint density at radius 1 is 1.28 bits per heavy atom. The molecule has 0 fully saturated rings. The number of ether oxygens (including phenoxy) is 1. The maximum atomic E-state index is 6.11. The summed E-state index contributed by atoms with van der Waals surface area (Å²) in [5.41, 5.74) is 2.52. The highest BCUT2D eigenvalue weighted by molar-refractivity contribution is 6.35. The molecule has 1 N–H and O–H groups in total. The Kier molecular flexibility index (Phi) is 2.64. The van der Waals surface area contributed by atoms with E-state index in [1.165, 1.54) is 0 Å². The number of aromatic amines is 1. The quantitative estimate of drug-likeness (QED) is 0.768. The van der Waals surface area contributed by atoms with Crippen molar-refractivity contribution in [1.29, 1.82) is 0 Å². The van der Waals surface area contributed by atoms with Gasteiger partial charge in [-0.25, -0.2) is 4.98 Å². The van der Waals surface area contributed by atoms with Crippen LogP contribution in [0.2, 0.25) is 5.02 Å². The monoisotopic (exact) mass is 259 g/mol. The molecule has 0 aliphatic rings. The normalized spacial score (nSPS) is 10.8. The summed E-state index contributed by atoms with van der Waals surface area (Å²) in [5, 5.41) is 0.628. The van der Waals surface area contributed by atoms with Crippen LogP contribution in [0.4, 0.5) is 0 Å². The van der Waals surface area contributed by atoms with Crippen LogP contribution in [0, 0.1) is 0 Å². The van der Waals surface area contributed by atoms with Crippen molar-refractivity contribution < 1.29 is 4.74 Å². The highest BCUT2D eigenvalue weighted by Gasteiger charge is 2.11. The molecular weight excluding hydrogens is 250 g/mol. The lowest BCUT2D eigenvalue weighted by molar-refractivity contribution is 0.414. The number of hydrogen-bond donors (Lipinski definition) is 1. The van der Waals surface area contributed by atoms with E-state index in [0.717, 1.165) is 22.4 Å². The predicted molar refractivity (Wildman–Crippen MR) is 70.9 cm³/mol. The number of fused-ring (bicyclic) bond motifs is 1. The third kappa shape index (κ3) is 1.71. The Morgan fingerprint density at radius 2 is 2.17 bits per heavy atom. The van der Waals surface area contributed by atoms with Gasteiger partial charge in [0.15, 0.2) is 0 Å². The Balaban J connectivity index is 2.23. The molecule has 4 nitrogen and oxygen atoms in total. The first-order valence-electron chi connectivity index (χ1n) is 5.42. The van der Waals surface area contributed by atoms with Crippen LogP contribution in [0.15, 0.2) is 36.7 Å². The number of benzene rings is 1. The molecule has 2 aromatic heterocycles. The molecule has 0 amide bonds. The highest BCUT2D eigenvalue weighted by Crippen LogP contribution is 2.30. The Bertz CT molecular complexity index is 708. The smallest absolute Gasteiger partial charge is 0.148 e. The molecule has 0 spiro atoms. The second-order valence-corrected chi connectivity index (χ2v) is 4.20. The summed E-state index contributed by atoms with van der Waals surface area (Å²) in [6, 6.07) is 7.49. The number of para-hydroxylation sites is 1. The van der Waals surface area contributed by atoms with E-state index in [2.05, 4.69) is 15.0 Å². The molecule has 0 aliphatic carbocycles. The Morgan fingerprint density at radius 3 is 2.94 bits per heavy atom. The fraction of sp³-hybridized carbons (Fsp3) is 0.0769. The van der Waals surface area contributed by atoms with Gasteiger partial charge >= 0.3 is 0 Å². The summed E-state index contributed by atoms with van der Waals surface area (Å²) >= 11 is 6.11. The Labute approximate surface area is 109 Å². The fourth-order valence-corrected chi connectivity index (χ4v) is 2.08. The van der Waals surface area contributed by atoms with Crippen LogP contribution < -0.4 is 4.74 Å². The van der Waals surface area contributed by atoms with E-state index in [-0.39, 0.29) is 0 Å². The van der Waals surface area contributed by atoms with E-state index in [4.69, 9.17) is 16.3 Å². The topological polar surface area (TPSA) is 50.8 Å². The molecule has 0 aliphatic heterocycles. The number of H-pyrrole nitrogens is 1. The zero-order valence-electron chi connectivity index (χ0n) is 9.64. The summed E-state index contributed by atoms with van der Waals surface area (Å²) < 4.78 is 5.27. The van der Waals surface area contributed by atoms with Gasteiger partial charge in [0.2, 0.25) is 0 Å². The summed E-state index contributed by atoms with van der Waals surface area (Å²) in [5.74, 6) is 1.39. The fourth-order valence-electron chi connectivity index (χ4n) is 1.86. The molecule has 5 heteroatoms. The number of nitrogens with zero attached hydrogens (tertiary/aromatic N) is 2. The minimum absolute atomic E-state index is 0.628. The molecular formula is C13H10ClN3O. The minimum atomic E-state index is 0.628. The average Bonchev–Trinajstić information content (AvgIpc) is 2.84. The molecule has 2 heterocycles. The number of pyridine rings is 1. The van der Waals surface area contributed by atoms with Gasteiger partial charge in [0.05, 0.1) is 29.4 Å². The van der Waals surface area contributed by atoms with Crippen LogP contribution in [0.25, 0.3) is 22.4 Å². The van der Waals surface area contributed by atoms with Crippen LogP contribution >= 0.6 is 11.6 Å². The lowest BCUT2D eigenvalue weighted by Crippen LogP contribution is -1.89. The van der Waals surface area contributed by atoms with Crippen LogP contribution in [0.5, 0.6) is 5.75 Å². The molecule has 1 aromatic carbocycles. The number of imidazole rings is 1. The molecule has 0 saturated carbocycles. The van der Waals surface area contributed by atoms with Crippen LogP contribution in [0.3, 0.4) is 0 Å². The number of halogens is 1. The molecule has 0 radical (unpaired) electrons. The van der Waals surface area contributed by atoms with Gasteiger partial charge in [0.25, 0.3) is 0 Å². The van der Waals surface area contributed by atoms with E-state index in [1.54, 1.807) is 19.5 Å². The standard InChI is InChI=1S/C13H10ClN3O/c1-18-11-7-15-6-5-8(11)13-16-10-4-2-3-9(14)12(10)17-13/h2-7H,1H3,(H,16,17). The third-order valence-electron chi connectivity index (χ3n) is 2.72. The second kappa shape index (κ2) is 4.31. The molecule has 18 heavy (non-hydrogen) atoms. The van der Waals surface area contributed by atoms with Crippen molar-refractivity contribution in [2.45, 2.75) is 0 Å². The zero-order chi connectivity index (χ0) is 12.5. The van der Waals surface area contributed by atoms with Gasteiger partial charge in [-0.3, -0.25) is 4.98 Å². The van der Waals surface area contributed by atoms with Crippen molar-refractivity contribution in [1.82, 2.24) is 15.0 Å². The van der Waals surface area contributed by atoms with E-state index < -0.39 is 0 Å². The van der Waals surface area contributed by atoms with Crippen molar-refractivity contribution >= 4 is 22.6 Å². The van der Waals surface area contributed by atoms with Gasteiger partial charge in [0, 0.05) is 6.20 Å². The largest absolute Gasteiger partial charge is 0.494 e. The SMILES string of the molecule is COc1cnccc1-c1nc2c(Cl)cccc2[nH]1. The predicted octanol–water partition coefficient (Wildman–Crippen LogP) is 3.29. The number of nitrogens with one attached hydrogen (secondary N) is 1. The summed E-state index contributed by atoms with van der Waals surface area (Å²) in [7, 11) is 1.61. The highest BCUT2D eigenvalue weighted by atomic mass is 35.5. The van der Waals surface area contributed by atoms with Crippen LogP contribution in [-0.2, 0) is 0 Å². The zero-order valence-corrected chi connectivity index (χ0v) is 10.4. The molecule has 0 unspecified atom stereocenters. The molecule has 90 valence electrons. The van der Waals surface area contributed by atoms with E-state index >= 15 is 0 Å². The molecule has 3 rings (SSSR count). The van der Waals surface area contributed by atoms with E-state index in [1.807, 2.05) is 24.3 Å². The summed E-state index contributed by atoms with van der Waals surface area (Å²) in [6.45, 7) is 0. The molecule has 0 saturated heterocycles. The van der Waals surface area contributed by atoms with Crippen molar-refractivity contribution in [3.8, 4) is 17.1 Å². The molecule has 0 atom stereocenters. The van der Waals surface area contributed by atoms with Gasteiger partial charge in [0.1, 0.15) is 17.1 Å². The van der Waals surface area contributed by atoms with Gasteiger partial charge in [-0.2, -0.15) is 0 Å².